The standard InChI is InChI=1S/C14H25N3OS/c1-4-17(3)12(18)9-15-13-16-14(10-19-13)7-5-11(2)6-8-14/h11H,4-10H2,1-3H3,(H,15,16). The number of amides is 1. The number of nitrogens with zero attached hydrogens (tertiary/aromatic N) is 2. The molecular formula is C14H25N3OS. The fraction of sp³-hybridized carbons (Fsp3) is 0.857. The highest BCUT2D eigenvalue weighted by Gasteiger charge is 2.39. The van der Waals surface area contributed by atoms with Crippen LogP contribution in [0.4, 0.5) is 0 Å². The molecule has 4 nitrogen and oxygen atoms in total. The van der Waals surface area contributed by atoms with Crippen molar-refractivity contribution in [2.24, 2.45) is 10.9 Å². The van der Waals surface area contributed by atoms with Crippen LogP contribution in [0.2, 0.25) is 0 Å². The Morgan fingerprint density at radius 2 is 2.21 bits per heavy atom. The minimum absolute atomic E-state index is 0.0932. The van der Waals surface area contributed by atoms with Gasteiger partial charge in [0.1, 0.15) is 6.54 Å². The molecule has 2 fully saturated rings. The third kappa shape index (κ3) is 3.65. The summed E-state index contributed by atoms with van der Waals surface area (Å²) in [5, 5.41) is 4.55. The average Bonchev–Trinajstić information content (AvgIpc) is 2.82. The van der Waals surface area contributed by atoms with Crippen molar-refractivity contribution >= 4 is 22.8 Å². The molecule has 1 amide bonds. The Kier molecular flexibility index (Phi) is 4.76. The van der Waals surface area contributed by atoms with Crippen molar-refractivity contribution < 1.29 is 4.79 Å². The fourth-order valence-electron chi connectivity index (χ4n) is 2.61. The lowest BCUT2D eigenvalue weighted by Crippen LogP contribution is -2.46. The van der Waals surface area contributed by atoms with Crippen molar-refractivity contribution in [3.05, 3.63) is 0 Å². The Balaban J connectivity index is 1.86. The van der Waals surface area contributed by atoms with Gasteiger partial charge in [-0.1, -0.05) is 18.7 Å². The molecule has 1 aliphatic heterocycles. The summed E-state index contributed by atoms with van der Waals surface area (Å²) in [5.41, 5.74) is 0.260. The summed E-state index contributed by atoms with van der Waals surface area (Å²) in [4.78, 5) is 17.9. The Bertz CT molecular complexity index is 362. The van der Waals surface area contributed by atoms with Crippen LogP contribution in [-0.4, -0.2) is 47.4 Å². The van der Waals surface area contributed by atoms with Gasteiger partial charge in [-0.05, 0) is 38.5 Å². The number of rotatable bonds is 3. The van der Waals surface area contributed by atoms with Gasteiger partial charge >= 0.3 is 0 Å². The summed E-state index contributed by atoms with van der Waals surface area (Å²) in [6.45, 7) is 5.33. The maximum Gasteiger partial charge on any atom is 0.244 e. The molecule has 0 bridgehead atoms. The summed E-state index contributed by atoms with van der Waals surface area (Å²) < 4.78 is 0. The second-order valence-electron chi connectivity index (χ2n) is 5.91. The zero-order valence-corrected chi connectivity index (χ0v) is 13.1. The van der Waals surface area contributed by atoms with E-state index in [1.165, 1.54) is 25.7 Å². The molecule has 0 unspecified atom stereocenters. The molecule has 0 aromatic heterocycles. The zero-order chi connectivity index (χ0) is 13.9. The third-order valence-corrected chi connectivity index (χ3v) is 5.55. The topological polar surface area (TPSA) is 44.7 Å². The molecule has 5 heteroatoms. The van der Waals surface area contributed by atoms with Crippen molar-refractivity contribution in [2.45, 2.75) is 45.1 Å². The molecule has 19 heavy (non-hydrogen) atoms. The highest BCUT2D eigenvalue weighted by molar-refractivity contribution is 8.14. The first-order valence-electron chi connectivity index (χ1n) is 7.24. The lowest BCUT2D eigenvalue weighted by molar-refractivity contribution is -0.128. The van der Waals surface area contributed by atoms with Gasteiger partial charge in [0.25, 0.3) is 0 Å². The first-order chi connectivity index (χ1) is 9.04. The van der Waals surface area contributed by atoms with Crippen LogP contribution >= 0.6 is 11.8 Å². The largest absolute Gasteiger partial charge is 0.359 e. The molecule has 1 spiro atoms. The summed E-state index contributed by atoms with van der Waals surface area (Å²) in [6.07, 6.45) is 5.09. The first-order valence-corrected chi connectivity index (χ1v) is 8.22. The van der Waals surface area contributed by atoms with Gasteiger partial charge in [-0.3, -0.25) is 9.79 Å². The van der Waals surface area contributed by atoms with Gasteiger partial charge in [-0.15, -0.1) is 0 Å². The molecule has 1 N–H and O–H groups in total. The summed E-state index contributed by atoms with van der Waals surface area (Å²) >= 11 is 1.78. The Hall–Kier alpha value is -0.710. The van der Waals surface area contributed by atoms with E-state index in [2.05, 4.69) is 17.2 Å². The van der Waals surface area contributed by atoms with Crippen molar-refractivity contribution in [1.82, 2.24) is 10.2 Å². The highest BCUT2D eigenvalue weighted by atomic mass is 32.2. The number of carbonyl (C=O) groups is 1. The van der Waals surface area contributed by atoms with E-state index >= 15 is 0 Å². The average molecular weight is 283 g/mol. The normalized spacial score (nSPS) is 32.6. The Morgan fingerprint density at radius 1 is 1.53 bits per heavy atom. The van der Waals surface area contributed by atoms with Gasteiger partial charge in [0.15, 0.2) is 5.17 Å². The van der Waals surface area contributed by atoms with Crippen LogP contribution in [0.15, 0.2) is 4.99 Å². The first kappa shape index (κ1) is 14.7. The van der Waals surface area contributed by atoms with Gasteiger partial charge in [-0.25, -0.2) is 0 Å². The zero-order valence-electron chi connectivity index (χ0n) is 12.2. The number of carbonyl (C=O) groups excluding carboxylic acids is 1. The van der Waals surface area contributed by atoms with E-state index < -0.39 is 0 Å². The number of likely N-dealkylation sites (N-methyl/N-ethyl adjacent to an activating group) is 1. The lowest BCUT2D eigenvalue weighted by atomic mass is 9.78. The second-order valence-corrected chi connectivity index (χ2v) is 6.87. The maximum atomic E-state index is 11.7. The smallest absolute Gasteiger partial charge is 0.244 e. The third-order valence-electron chi connectivity index (χ3n) is 4.35. The van der Waals surface area contributed by atoms with Gasteiger partial charge in [0.2, 0.25) is 5.91 Å². The van der Waals surface area contributed by atoms with E-state index in [1.54, 1.807) is 16.7 Å². The summed E-state index contributed by atoms with van der Waals surface area (Å²) in [5.74, 6) is 2.06. The predicted octanol–water partition coefficient (Wildman–Crippen LogP) is 2.11. The molecule has 0 atom stereocenters. The van der Waals surface area contributed by atoms with Gasteiger partial charge in [-0.2, -0.15) is 0 Å². The number of thioether (sulfide) groups is 1. The molecule has 1 heterocycles. The molecule has 108 valence electrons. The molecule has 1 saturated heterocycles. The highest BCUT2D eigenvalue weighted by Crippen LogP contribution is 2.38. The van der Waals surface area contributed by atoms with Crippen LogP contribution < -0.4 is 5.32 Å². The predicted molar refractivity (Wildman–Crippen MR) is 81.6 cm³/mol. The maximum absolute atomic E-state index is 11.7. The van der Waals surface area contributed by atoms with E-state index in [-0.39, 0.29) is 18.0 Å². The molecule has 2 rings (SSSR count). The van der Waals surface area contributed by atoms with E-state index in [1.807, 2.05) is 14.0 Å². The van der Waals surface area contributed by atoms with Crippen LogP contribution in [-0.2, 0) is 4.79 Å². The SMILES string of the molecule is CCN(C)C(=O)CN=C1NC2(CCC(C)CC2)CS1. The van der Waals surface area contributed by atoms with Crippen molar-refractivity contribution in [1.29, 1.82) is 0 Å². The molecule has 0 radical (unpaired) electrons. The molecular weight excluding hydrogens is 258 g/mol. The number of nitrogens with one attached hydrogen (secondary N) is 1. The molecule has 1 aliphatic carbocycles. The van der Waals surface area contributed by atoms with Crippen molar-refractivity contribution in [2.75, 3.05) is 25.9 Å². The molecule has 0 aromatic carbocycles. The van der Waals surface area contributed by atoms with Crippen molar-refractivity contribution in [3.63, 3.8) is 0 Å². The van der Waals surface area contributed by atoms with Crippen LogP contribution in [0.25, 0.3) is 0 Å². The van der Waals surface area contributed by atoms with Gasteiger partial charge < -0.3 is 10.2 Å². The van der Waals surface area contributed by atoms with Crippen LogP contribution in [0, 0.1) is 5.92 Å². The van der Waals surface area contributed by atoms with Crippen molar-refractivity contribution in [3.8, 4) is 0 Å². The Morgan fingerprint density at radius 3 is 2.84 bits per heavy atom. The van der Waals surface area contributed by atoms with E-state index in [9.17, 15) is 4.79 Å². The Labute approximate surface area is 120 Å². The van der Waals surface area contributed by atoms with Gasteiger partial charge in [0, 0.05) is 24.9 Å². The quantitative estimate of drug-likeness (QED) is 0.863. The van der Waals surface area contributed by atoms with Gasteiger partial charge in [0.05, 0.1) is 0 Å². The number of aliphatic imine (C=N–C) groups is 1. The molecule has 1 saturated carbocycles. The fourth-order valence-corrected chi connectivity index (χ4v) is 3.83. The minimum Gasteiger partial charge on any atom is -0.359 e. The molecule has 0 aromatic rings. The minimum atomic E-state index is 0.0932. The van der Waals surface area contributed by atoms with Crippen LogP contribution in [0.5, 0.6) is 0 Å². The monoisotopic (exact) mass is 283 g/mol. The number of hydrogen-bond acceptors (Lipinski definition) is 3. The number of hydrogen-bond donors (Lipinski definition) is 1. The van der Waals surface area contributed by atoms with Crippen LogP contribution in [0.1, 0.15) is 39.5 Å². The van der Waals surface area contributed by atoms with Crippen LogP contribution in [0.3, 0.4) is 0 Å². The second kappa shape index (κ2) is 6.16. The van der Waals surface area contributed by atoms with E-state index in [0.717, 1.165) is 23.4 Å². The number of amidine groups is 1. The summed E-state index contributed by atoms with van der Waals surface area (Å²) in [7, 11) is 1.82. The molecule has 2 aliphatic rings. The lowest BCUT2D eigenvalue weighted by Gasteiger charge is -2.35. The van der Waals surface area contributed by atoms with E-state index in [0.29, 0.717) is 0 Å². The van der Waals surface area contributed by atoms with E-state index in [4.69, 9.17) is 0 Å². The summed E-state index contributed by atoms with van der Waals surface area (Å²) in [6, 6.07) is 0.